The molecule has 0 aliphatic heterocycles. The van der Waals surface area contributed by atoms with Gasteiger partial charge in [-0.2, -0.15) is 0 Å². The van der Waals surface area contributed by atoms with Gasteiger partial charge >= 0.3 is 0 Å². The molecule has 1 aromatic carbocycles. The molecule has 84 valence electrons. The molecule has 0 N–H and O–H groups in total. The smallest absolute Gasteiger partial charge is 0.161 e. The normalized spacial score (nSPS) is 10.8. The van der Waals surface area contributed by atoms with Gasteiger partial charge in [0.25, 0.3) is 0 Å². The Balaban J connectivity index is 1.84. The van der Waals surface area contributed by atoms with Crippen LogP contribution in [0, 0.1) is 0 Å². The van der Waals surface area contributed by atoms with Crippen molar-refractivity contribution >= 4 is 17.4 Å². The molecule has 0 radical (unpaired) electrons. The largest absolute Gasteiger partial charge is 0.276 e. The second-order valence-corrected chi connectivity index (χ2v) is 4.69. The van der Waals surface area contributed by atoms with Crippen LogP contribution in [-0.4, -0.2) is 14.6 Å². The molecule has 3 rings (SSSR count). The first-order valence-electron chi connectivity index (χ1n) is 5.39. The van der Waals surface area contributed by atoms with Gasteiger partial charge in [0.2, 0.25) is 0 Å². The number of fused-ring (bicyclic) bond motifs is 1. The minimum absolute atomic E-state index is 0.892. The Morgan fingerprint density at radius 2 is 1.88 bits per heavy atom. The fraction of sp³-hybridized carbons (Fsp3) is 0.0769. The molecule has 0 spiro atoms. The first kappa shape index (κ1) is 10.4. The first-order chi connectivity index (χ1) is 8.43. The number of benzene rings is 1. The Bertz CT molecular complexity index is 619. The average Bonchev–Trinajstić information content (AvgIpc) is 2.86. The highest BCUT2D eigenvalue weighted by molar-refractivity contribution is 7.98. The van der Waals surface area contributed by atoms with Crippen LogP contribution < -0.4 is 0 Å². The Kier molecular flexibility index (Phi) is 2.80. The second kappa shape index (κ2) is 4.59. The van der Waals surface area contributed by atoms with Gasteiger partial charge in [-0.3, -0.25) is 4.40 Å². The second-order valence-electron chi connectivity index (χ2n) is 3.70. The number of hydrogen-bond donors (Lipinski definition) is 0. The van der Waals surface area contributed by atoms with Crippen molar-refractivity contribution in [2.75, 3.05) is 0 Å². The zero-order chi connectivity index (χ0) is 11.5. The van der Waals surface area contributed by atoms with E-state index in [0.29, 0.717) is 0 Å². The predicted octanol–water partition coefficient (Wildman–Crippen LogP) is 3.02. The molecule has 0 saturated carbocycles. The number of pyridine rings is 1. The van der Waals surface area contributed by atoms with E-state index in [4.69, 9.17) is 0 Å². The van der Waals surface area contributed by atoms with Crippen molar-refractivity contribution < 1.29 is 0 Å². The number of hydrogen-bond acceptors (Lipinski definition) is 3. The highest BCUT2D eigenvalue weighted by Crippen LogP contribution is 2.22. The Labute approximate surface area is 104 Å². The summed E-state index contributed by atoms with van der Waals surface area (Å²) in [5.41, 5.74) is 2.21. The Morgan fingerprint density at radius 3 is 2.76 bits per heavy atom. The van der Waals surface area contributed by atoms with Crippen LogP contribution in [-0.2, 0) is 5.75 Å². The fourth-order valence-corrected chi connectivity index (χ4v) is 2.63. The molecule has 0 bridgehead atoms. The summed E-state index contributed by atoms with van der Waals surface area (Å²) >= 11 is 1.79. The van der Waals surface area contributed by atoms with Crippen molar-refractivity contribution in [1.29, 1.82) is 0 Å². The lowest BCUT2D eigenvalue weighted by Gasteiger charge is -2.04. The van der Waals surface area contributed by atoms with Crippen molar-refractivity contribution in [2.45, 2.75) is 10.8 Å². The molecule has 17 heavy (non-hydrogen) atoms. The molecule has 4 heteroatoms. The number of rotatable bonds is 3. The number of thioether (sulfide) groups is 1. The summed E-state index contributed by atoms with van der Waals surface area (Å²) in [5, 5.41) is 9.11. The maximum Gasteiger partial charge on any atom is 0.161 e. The third-order valence-electron chi connectivity index (χ3n) is 2.53. The Hall–Kier alpha value is -1.81. The zero-order valence-corrected chi connectivity index (χ0v) is 9.97. The molecule has 0 aliphatic rings. The van der Waals surface area contributed by atoms with Crippen molar-refractivity contribution in [2.24, 2.45) is 0 Å². The van der Waals surface area contributed by atoms with E-state index < -0.39 is 0 Å². The van der Waals surface area contributed by atoms with Gasteiger partial charge in [0, 0.05) is 5.75 Å². The topological polar surface area (TPSA) is 30.2 Å². The molecular formula is C13H11N3S. The molecule has 2 heterocycles. The van der Waals surface area contributed by atoms with E-state index in [1.54, 1.807) is 18.1 Å². The monoisotopic (exact) mass is 241 g/mol. The van der Waals surface area contributed by atoms with Gasteiger partial charge in [0.05, 0.1) is 5.03 Å². The Morgan fingerprint density at radius 1 is 1.00 bits per heavy atom. The van der Waals surface area contributed by atoms with E-state index >= 15 is 0 Å². The highest BCUT2D eigenvalue weighted by Gasteiger charge is 2.02. The molecule has 0 fully saturated rings. The van der Waals surface area contributed by atoms with Crippen LogP contribution in [0.5, 0.6) is 0 Å². The molecule has 3 nitrogen and oxygen atoms in total. The van der Waals surface area contributed by atoms with E-state index in [1.807, 2.05) is 22.6 Å². The van der Waals surface area contributed by atoms with Crippen LogP contribution in [0.25, 0.3) is 5.65 Å². The van der Waals surface area contributed by atoms with Gasteiger partial charge in [0.1, 0.15) is 6.33 Å². The number of nitrogens with zero attached hydrogens (tertiary/aromatic N) is 3. The third kappa shape index (κ3) is 2.17. The zero-order valence-electron chi connectivity index (χ0n) is 9.15. The summed E-state index contributed by atoms with van der Waals surface area (Å²) in [6.07, 6.45) is 1.75. The standard InChI is InChI=1S/C13H11N3S/c1-2-5-11(6-3-1)9-17-13-8-4-7-12-15-14-10-16(12)13/h1-8,10H,9H2. The van der Waals surface area contributed by atoms with Crippen molar-refractivity contribution in [3.8, 4) is 0 Å². The number of aromatic nitrogens is 3. The van der Waals surface area contributed by atoms with E-state index in [2.05, 4.69) is 40.5 Å². The SMILES string of the molecule is c1ccc(CSc2cccc3nncn23)cc1. The van der Waals surface area contributed by atoms with E-state index in [0.717, 1.165) is 16.4 Å². The van der Waals surface area contributed by atoms with Crippen molar-refractivity contribution in [3.63, 3.8) is 0 Å². The molecule has 0 saturated heterocycles. The van der Waals surface area contributed by atoms with Gasteiger partial charge in [0.15, 0.2) is 5.65 Å². The summed E-state index contributed by atoms with van der Waals surface area (Å²) in [7, 11) is 0. The summed E-state index contributed by atoms with van der Waals surface area (Å²) < 4.78 is 2.01. The third-order valence-corrected chi connectivity index (χ3v) is 3.63. The maximum absolute atomic E-state index is 4.03. The van der Waals surface area contributed by atoms with Crippen LogP contribution in [0.2, 0.25) is 0 Å². The van der Waals surface area contributed by atoms with Crippen LogP contribution in [0.4, 0.5) is 0 Å². The lowest BCUT2D eigenvalue weighted by Crippen LogP contribution is -1.88. The molecular weight excluding hydrogens is 230 g/mol. The molecule has 0 atom stereocenters. The molecule has 3 aromatic rings. The summed E-state index contributed by atoms with van der Waals surface area (Å²) in [5.74, 6) is 0.956. The lowest BCUT2D eigenvalue weighted by molar-refractivity contribution is 1.01. The van der Waals surface area contributed by atoms with Gasteiger partial charge < -0.3 is 0 Å². The van der Waals surface area contributed by atoms with Gasteiger partial charge in [-0.05, 0) is 17.7 Å². The van der Waals surface area contributed by atoms with Crippen LogP contribution in [0.1, 0.15) is 5.56 Å². The predicted molar refractivity (Wildman–Crippen MR) is 69.0 cm³/mol. The molecule has 0 aliphatic carbocycles. The van der Waals surface area contributed by atoms with Crippen molar-refractivity contribution in [3.05, 3.63) is 60.4 Å². The lowest BCUT2D eigenvalue weighted by atomic mass is 10.2. The fourth-order valence-electron chi connectivity index (χ4n) is 1.67. The van der Waals surface area contributed by atoms with Crippen molar-refractivity contribution in [1.82, 2.24) is 14.6 Å². The average molecular weight is 241 g/mol. The first-order valence-corrected chi connectivity index (χ1v) is 6.37. The summed E-state index contributed by atoms with van der Waals surface area (Å²) in [6.45, 7) is 0. The van der Waals surface area contributed by atoms with E-state index in [9.17, 15) is 0 Å². The quantitative estimate of drug-likeness (QED) is 0.660. The highest BCUT2D eigenvalue weighted by atomic mass is 32.2. The molecule has 0 amide bonds. The maximum atomic E-state index is 4.03. The van der Waals surface area contributed by atoms with E-state index in [1.165, 1.54) is 5.56 Å². The minimum Gasteiger partial charge on any atom is -0.276 e. The van der Waals surface area contributed by atoms with Crippen LogP contribution in [0.15, 0.2) is 59.9 Å². The van der Waals surface area contributed by atoms with E-state index in [-0.39, 0.29) is 0 Å². The van der Waals surface area contributed by atoms with Gasteiger partial charge in [-0.1, -0.05) is 36.4 Å². The van der Waals surface area contributed by atoms with Gasteiger partial charge in [-0.15, -0.1) is 22.0 Å². The summed E-state index contributed by atoms with van der Waals surface area (Å²) in [4.78, 5) is 0. The summed E-state index contributed by atoms with van der Waals surface area (Å²) in [6, 6.07) is 16.5. The van der Waals surface area contributed by atoms with Crippen LogP contribution >= 0.6 is 11.8 Å². The minimum atomic E-state index is 0.892. The van der Waals surface area contributed by atoms with Crippen LogP contribution in [0.3, 0.4) is 0 Å². The molecule has 0 unspecified atom stereocenters. The molecule has 2 aromatic heterocycles. The van der Waals surface area contributed by atoms with Gasteiger partial charge in [-0.25, -0.2) is 0 Å².